The van der Waals surface area contributed by atoms with Gasteiger partial charge in [0.1, 0.15) is 5.82 Å². The van der Waals surface area contributed by atoms with Crippen LogP contribution in [-0.4, -0.2) is 20.2 Å². The Labute approximate surface area is 132 Å². The Kier molecular flexibility index (Phi) is 2.98. The molecule has 4 aromatic rings. The summed E-state index contributed by atoms with van der Waals surface area (Å²) in [6, 6.07) is 13.9. The first-order valence-corrected chi connectivity index (χ1v) is 7.34. The smallest absolute Gasteiger partial charge is 0.104 e. The second kappa shape index (κ2) is 5.00. The van der Waals surface area contributed by atoms with Gasteiger partial charge < -0.3 is 4.98 Å². The summed E-state index contributed by atoms with van der Waals surface area (Å²) in [5.41, 5.74) is 4.98. The molecule has 0 bridgehead atoms. The van der Waals surface area contributed by atoms with Crippen LogP contribution >= 0.6 is 11.6 Å². The quantitative estimate of drug-likeness (QED) is 0.569. The molecule has 0 aliphatic carbocycles. The van der Waals surface area contributed by atoms with Crippen molar-refractivity contribution in [2.75, 3.05) is 0 Å². The fourth-order valence-electron chi connectivity index (χ4n) is 2.64. The number of nitrogens with one attached hydrogen (secondary N) is 2. The second-order valence-corrected chi connectivity index (χ2v) is 5.66. The number of rotatable bonds is 2. The monoisotopic (exact) mass is 308 g/mol. The molecular weight excluding hydrogens is 296 g/mol. The Morgan fingerprint density at radius 1 is 1.05 bits per heavy atom. The van der Waals surface area contributed by atoms with Gasteiger partial charge in [0.15, 0.2) is 0 Å². The van der Waals surface area contributed by atoms with Crippen LogP contribution in [0.1, 0.15) is 5.82 Å². The van der Waals surface area contributed by atoms with Gasteiger partial charge in [0.25, 0.3) is 0 Å². The van der Waals surface area contributed by atoms with Crippen LogP contribution in [0.5, 0.6) is 0 Å². The highest BCUT2D eigenvalue weighted by atomic mass is 35.5. The molecule has 0 aliphatic heterocycles. The molecule has 0 unspecified atom stereocenters. The fraction of sp³-hybridized carbons (Fsp3) is 0.0588. The van der Waals surface area contributed by atoms with Gasteiger partial charge in [-0.1, -0.05) is 29.8 Å². The van der Waals surface area contributed by atoms with Gasteiger partial charge in [-0.25, -0.2) is 4.98 Å². The fourth-order valence-corrected chi connectivity index (χ4v) is 2.83. The molecule has 4 nitrogen and oxygen atoms in total. The average molecular weight is 309 g/mol. The van der Waals surface area contributed by atoms with E-state index in [1.807, 2.05) is 43.5 Å². The minimum atomic E-state index is 0.703. The van der Waals surface area contributed by atoms with Gasteiger partial charge in [0.2, 0.25) is 0 Å². The lowest BCUT2D eigenvalue weighted by atomic mass is 10.0. The molecule has 22 heavy (non-hydrogen) atoms. The van der Waals surface area contributed by atoms with Gasteiger partial charge in [-0.15, -0.1) is 0 Å². The number of nitrogens with zero attached hydrogens (tertiary/aromatic N) is 2. The maximum absolute atomic E-state index is 6.11. The molecule has 0 fully saturated rings. The van der Waals surface area contributed by atoms with Crippen LogP contribution in [0.4, 0.5) is 0 Å². The highest BCUT2D eigenvalue weighted by Gasteiger charge is 2.13. The van der Waals surface area contributed by atoms with Crippen molar-refractivity contribution in [1.82, 2.24) is 20.2 Å². The van der Waals surface area contributed by atoms with E-state index in [1.54, 1.807) is 0 Å². The van der Waals surface area contributed by atoms with E-state index in [0.717, 1.165) is 39.2 Å². The summed E-state index contributed by atoms with van der Waals surface area (Å²) in [5.74, 6) is 0.872. The van der Waals surface area contributed by atoms with E-state index in [-0.39, 0.29) is 0 Å². The molecule has 0 amide bonds. The molecule has 4 rings (SSSR count). The number of aromatic amines is 2. The lowest BCUT2D eigenvalue weighted by Crippen LogP contribution is -1.84. The molecule has 0 saturated carbocycles. The van der Waals surface area contributed by atoms with E-state index in [0.29, 0.717) is 5.02 Å². The van der Waals surface area contributed by atoms with Crippen molar-refractivity contribution in [3.63, 3.8) is 0 Å². The van der Waals surface area contributed by atoms with Crippen molar-refractivity contribution >= 4 is 22.5 Å². The Morgan fingerprint density at radius 3 is 2.82 bits per heavy atom. The van der Waals surface area contributed by atoms with Crippen LogP contribution in [-0.2, 0) is 0 Å². The molecule has 2 aromatic carbocycles. The normalized spacial score (nSPS) is 11.2. The Morgan fingerprint density at radius 2 is 1.95 bits per heavy atom. The topological polar surface area (TPSA) is 57.4 Å². The van der Waals surface area contributed by atoms with Gasteiger partial charge in [0, 0.05) is 21.5 Å². The van der Waals surface area contributed by atoms with Crippen LogP contribution < -0.4 is 0 Å². The molecule has 2 N–H and O–H groups in total. The van der Waals surface area contributed by atoms with Crippen LogP contribution in [0, 0.1) is 6.92 Å². The molecule has 108 valence electrons. The first-order chi connectivity index (χ1) is 10.7. The first-order valence-electron chi connectivity index (χ1n) is 6.97. The number of hydrogen-bond acceptors (Lipinski definition) is 2. The third kappa shape index (κ3) is 2.18. The summed E-state index contributed by atoms with van der Waals surface area (Å²) < 4.78 is 0. The lowest BCUT2D eigenvalue weighted by Gasteiger charge is -2.04. The maximum atomic E-state index is 6.11. The standard InChI is InChI=1S/C17H13ClN4/c1-10-20-16(11-3-2-4-14(18)8-11)17(21-10)12-5-6-15-13(7-12)9-19-22-15/h2-9H,1H3,(H,19,22)(H,20,21). The van der Waals surface area contributed by atoms with Crippen molar-refractivity contribution in [1.29, 1.82) is 0 Å². The van der Waals surface area contributed by atoms with Crippen molar-refractivity contribution < 1.29 is 0 Å². The van der Waals surface area contributed by atoms with Gasteiger partial charge in [-0.3, -0.25) is 5.10 Å². The largest absolute Gasteiger partial charge is 0.342 e. The molecule has 0 aliphatic rings. The third-order valence-electron chi connectivity index (χ3n) is 3.65. The van der Waals surface area contributed by atoms with Crippen LogP contribution in [0.25, 0.3) is 33.4 Å². The number of H-pyrrole nitrogens is 2. The lowest BCUT2D eigenvalue weighted by molar-refractivity contribution is 1.12. The van der Waals surface area contributed by atoms with E-state index in [4.69, 9.17) is 11.6 Å². The van der Waals surface area contributed by atoms with Crippen LogP contribution in [0.15, 0.2) is 48.7 Å². The van der Waals surface area contributed by atoms with Gasteiger partial charge in [-0.05, 0) is 31.2 Å². The van der Waals surface area contributed by atoms with E-state index < -0.39 is 0 Å². The van der Waals surface area contributed by atoms with E-state index in [2.05, 4.69) is 32.3 Å². The van der Waals surface area contributed by atoms with Crippen molar-refractivity contribution in [3.05, 3.63) is 59.5 Å². The summed E-state index contributed by atoms with van der Waals surface area (Å²) in [5, 5.41) is 8.80. The molecule has 2 aromatic heterocycles. The van der Waals surface area contributed by atoms with Gasteiger partial charge >= 0.3 is 0 Å². The number of imidazole rings is 1. The number of fused-ring (bicyclic) bond motifs is 1. The maximum Gasteiger partial charge on any atom is 0.104 e. The van der Waals surface area contributed by atoms with E-state index >= 15 is 0 Å². The Bertz CT molecular complexity index is 968. The van der Waals surface area contributed by atoms with Gasteiger partial charge in [0.05, 0.1) is 23.1 Å². The summed E-state index contributed by atoms with van der Waals surface area (Å²) in [4.78, 5) is 7.98. The molecule has 0 saturated heterocycles. The van der Waals surface area contributed by atoms with Crippen molar-refractivity contribution in [2.45, 2.75) is 6.92 Å². The Hall–Kier alpha value is -2.59. The SMILES string of the molecule is Cc1nc(-c2cccc(Cl)c2)c(-c2ccc3[nH]ncc3c2)[nH]1. The zero-order valence-electron chi connectivity index (χ0n) is 11.9. The minimum absolute atomic E-state index is 0.703. The van der Waals surface area contributed by atoms with Crippen molar-refractivity contribution in [3.8, 4) is 22.5 Å². The summed E-state index contributed by atoms with van der Waals surface area (Å²) in [7, 11) is 0. The number of aryl methyl sites for hydroxylation is 1. The second-order valence-electron chi connectivity index (χ2n) is 5.23. The molecular formula is C17H13ClN4. The highest BCUT2D eigenvalue weighted by Crippen LogP contribution is 2.32. The molecule has 0 atom stereocenters. The number of benzene rings is 2. The predicted octanol–water partition coefficient (Wildman–Crippen LogP) is 4.58. The molecule has 2 heterocycles. The van der Waals surface area contributed by atoms with E-state index in [9.17, 15) is 0 Å². The summed E-state index contributed by atoms with van der Waals surface area (Å²) in [6.07, 6.45) is 1.82. The molecule has 5 heteroatoms. The average Bonchev–Trinajstić information content (AvgIpc) is 3.12. The molecule has 0 radical (unpaired) electrons. The van der Waals surface area contributed by atoms with Crippen LogP contribution in [0.3, 0.4) is 0 Å². The van der Waals surface area contributed by atoms with E-state index in [1.165, 1.54) is 0 Å². The summed E-state index contributed by atoms with van der Waals surface area (Å²) >= 11 is 6.11. The number of halogens is 1. The molecule has 0 spiro atoms. The summed E-state index contributed by atoms with van der Waals surface area (Å²) in [6.45, 7) is 1.95. The number of hydrogen-bond donors (Lipinski definition) is 2. The first kappa shape index (κ1) is 13.1. The zero-order chi connectivity index (χ0) is 15.1. The van der Waals surface area contributed by atoms with Crippen LogP contribution in [0.2, 0.25) is 5.02 Å². The predicted molar refractivity (Wildman–Crippen MR) is 88.9 cm³/mol. The number of aromatic nitrogens is 4. The third-order valence-corrected chi connectivity index (χ3v) is 3.88. The zero-order valence-corrected chi connectivity index (χ0v) is 12.6. The van der Waals surface area contributed by atoms with Crippen molar-refractivity contribution in [2.24, 2.45) is 0 Å². The highest BCUT2D eigenvalue weighted by molar-refractivity contribution is 6.30. The van der Waals surface area contributed by atoms with Gasteiger partial charge in [-0.2, -0.15) is 5.10 Å². The Balaban J connectivity index is 1.91. The minimum Gasteiger partial charge on any atom is -0.342 e.